The van der Waals surface area contributed by atoms with Crippen molar-refractivity contribution < 1.29 is 0 Å². The van der Waals surface area contributed by atoms with Gasteiger partial charge >= 0.3 is 0 Å². The zero-order valence-corrected chi connectivity index (χ0v) is 13.9. The van der Waals surface area contributed by atoms with Crippen LogP contribution in [0.4, 0.5) is 0 Å². The molecule has 1 atom stereocenters. The van der Waals surface area contributed by atoms with Crippen molar-refractivity contribution in [3.63, 3.8) is 0 Å². The van der Waals surface area contributed by atoms with Gasteiger partial charge in [-0.15, -0.1) is 11.8 Å². The molecule has 5 heteroatoms. The molecule has 1 N–H and O–H groups in total. The van der Waals surface area contributed by atoms with E-state index in [1.165, 1.54) is 10.5 Å². The van der Waals surface area contributed by atoms with Crippen molar-refractivity contribution in [3.05, 3.63) is 42.0 Å². The van der Waals surface area contributed by atoms with Crippen molar-refractivity contribution >= 4 is 11.8 Å². The maximum Gasteiger partial charge on any atom is 0.138 e. The number of hydrogen-bond donors (Lipinski definition) is 1. The minimum atomic E-state index is 0.281. The summed E-state index contributed by atoms with van der Waals surface area (Å²) >= 11 is 1.80. The molecule has 0 fully saturated rings. The Balaban J connectivity index is 2.25. The van der Waals surface area contributed by atoms with Gasteiger partial charge in [0.15, 0.2) is 0 Å². The highest BCUT2D eigenvalue weighted by molar-refractivity contribution is 7.98. The van der Waals surface area contributed by atoms with Crippen molar-refractivity contribution in [2.75, 3.05) is 12.8 Å². The Labute approximate surface area is 131 Å². The van der Waals surface area contributed by atoms with Crippen LogP contribution in [0.5, 0.6) is 0 Å². The molecule has 0 aliphatic carbocycles. The third kappa shape index (κ3) is 4.08. The zero-order chi connectivity index (χ0) is 15.1. The number of hydrogen-bond acceptors (Lipinski definition) is 4. The summed E-state index contributed by atoms with van der Waals surface area (Å²) in [7, 11) is 0. The van der Waals surface area contributed by atoms with Crippen molar-refractivity contribution in [1.29, 1.82) is 0 Å². The zero-order valence-electron chi connectivity index (χ0n) is 13.0. The third-order valence-corrected chi connectivity index (χ3v) is 4.35. The molecule has 114 valence electrons. The maximum absolute atomic E-state index is 4.42. The molecule has 0 radical (unpaired) electrons. The number of nitrogens with zero attached hydrogens (tertiary/aromatic N) is 3. The Morgan fingerprint density at radius 3 is 2.81 bits per heavy atom. The highest BCUT2D eigenvalue weighted by Crippen LogP contribution is 2.27. The van der Waals surface area contributed by atoms with Gasteiger partial charge in [0.1, 0.15) is 12.2 Å². The molecule has 0 saturated heterocycles. The predicted molar refractivity (Wildman–Crippen MR) is 88.7 cm³/mol. The first kappa shape index (κ1) is 16.0. The number of benzene rings is 1. The van der Waals surface area contributed by atoms with E-state index in [1.54, 1.807) is 18.1 Å². The molecule has 21 heavy (non-hydrogen) atoms. The summed E-state index contributed by atoms with van der Waals surface area (Å²) < 4.78 is 1.97. The van der Waals surface area contributed by atoms with E-state index in [0.29, 0.717) is 0 Å². The lowest BCUT2D eigenvalue weighted by Crippen LogP contribution is -2.26. The van der Waals surface area contributed by atoms with E-state index in [0.717, 1.165) is 31.8 Å². The van der Waals surface area contributed by atoms with Crippen LogP contribution >= 0.6 is 11.8 Å². The lowest BCUT2D eigenvalue weighted by atomic mass is 10.0. The van der Waals surface area contributed by atoms with E-state index >= 15 is 0 Å². The fourth-order valence-electron chi connectivity index (χ4n) is 2.46. The standard InChI is InChI=1S/C16H24N4S/c1-4-10-17-14(11-16-18-12-19-20(16)5-2)13-8-6-7-9-15(13)21-3/h6-9,12,14,17H,4-5,10-11H2,1-3H3. The van der Waals surface area contributed by atoms with E-state index in [2.05, 4.69) is 59.8 Å². The lowest BCUT2D eigenvalue weighted by molar-refractivity contribution is 0.492. The number of nitrogens with one attached hydrogen (secondary N) is 1. The van der Waals surface area contributed by atoms with E-state index in [1.807, 2.05) is 4.68 Å². The molecule has 0 saturated carbocycles. The SMILES string of the molecule is CCCNC(Cc1ncnn1CC)c1ccccc1SC. The summed E-state index contributed by atoms with van der Waals surface area (Å²) in [5.41, 5.74) is 1.35. The van der Waals surface area contributed by atoms with Crippen LogP contribution < -0.4 is 5.32 Å². The Morgan fingerprint density at radius 1 is 1.29 bits per heavy atom. The lowest BCUT2D eigenvalue weighted by Gasteiger charge is -2.21. The fourth-order valence-corrected chi connectivity index (χ4v) is 3.12. The van der Waals surface area contributed by atoms with Crippen molar-refractivity contribution in [1.82, 2.24) is 20.1 Å². The maximum atomic E-state index is 4.42. The second kappa shape index (κ2) is 8.20. The molecule has 0 aliphatic rings. The molecule has 1 aromatic carbocycles. The van der Waals surface area contributed by atoms with E-state index in [-0.39, 0.29) is 6.04 Å². The Kier molecular flexibility index (Phi) is 6.26. The third-order valence-electron chi connectivity index (χ3n) is 3.54. The highest BCUT2D eigenvalue weighted by Gasteiger charge is 2.17. The molecule has 1 unspecified atom stereocenters. The molecule has 0 aliphatic heterocycles. The smallest absolute Gasteiger partial charge is 0.138 e. The van der Waals surface area contributed by atoms with Gasteiger partial charge in [-0.2, -0.15) is 5.10 Å². The predicted octanol–water partition coefficient (Wildman–Crippen LogP) is 3.30. The fraction of sp³-hybridized carbons (Fsp3) is 0.500. The summed E-state index contributed by atoms with van der Waals surface area (Å²) in [6, 6.07) is 8.89. The monoisotopic (exact) mass is 304 g/mol. The van der Waals surface area contributed by atoms with Crippen molar-refractivity contribution in [3.8, 4) is 0 Å². The van der Waals surface area contributed by atoms with Crippen LogP contribution in [-0.2, 0) is 13.0 Å². The van der Waals surface area contributed by atoms with Crippen LogP contribution in [0.15, 0.2) is 35.5 Å². The average molecular weight is 304 g/mol. The van der Waals surface area contributed by atoms with Crippen LogP contribution in [-0.4, -0.2) is 27.6 Å². The molecule has 0 bridgehead atoms. The highest BCUT2D eigenvalue weighted by atomic mass is 32.2. The summed E-state index contributed by atoms with van der Waals surface area (Å²) in [6.45, 7) is 6.16. The summed E-state index contributed by atoms with van der Waals surface area (Å²) in [5.74, 6) is 1.04. The van der Waals surface area contributed by atoms with Gasteiger partial charge in [0.05, 0.1) is 0 Å². The first-order chi connectivity index (χ1) is 10.3. The number of aryl methyl sites for hydroxylation is 1. The van der Waals surface area contributed by atoms with Crippen molar-refractivity contribution in [2.45, 2.75) is 44.2 Å². The Hall–Kier alpha value is -1.33. The first-order valence-electron chi connectivity index (χ1n) is 7.53. The van der Waals surface area contributed by atoms with Gasteiger partial charge in [0.2, 0.25) is 0 Å². The topological polar surface area (TPSA) is 42.7 Å². The number of rotatable bonds is 8. The van der Waals surface area contributed by atoms with Gasteiger partial charge in [-0.25, -0.2) is 4.98 Å². The molecule has 0 amide bonds. The van der Waals surface area contributed by atoms with Crippen LogP contribution in [0.3, 0.4) is 0 Å². The van der Waals surface area contributed by atoms with Gasteiger partial charge in [0.25, 0.3) is 0 Å². The second-order valence-corrected chi connectivity index (χ2v) is 5.79. The summed E-state index contributed by atoms with van der Waals surface area (Å²) in [4.78, 5) is 5.75. The summed E-state index contributed by atoms with van der Waals surface area (Å²) in [5, 5.41) is 7.93. The number of thioether (sulfide) groups is 1. The number of aromatic nitrogens is 3. The van der Waals surface area contributed by atoms with E-state index < -0.39 is 0 Å². The molecule has 1 aromatic heterocycles. The first-order valence-corrected chi connectivity index (χ1v) is 8.75. The van der Waals surface area contributed by atoms with Gasteiger partial charge < -0.3 is 5.32 Å². The molecular formula is C16H24N4S. The van der Waals surface area contributed by atoms with Crippen molar-refractivity contribution in [2.24, 2.45) is 0 Å². The minimum absolute atomic E-state index is 0.281. The van der Waals surface area contributed by atoms with Crippen LogP contribution in [0.25, 0.3) is 0 Å². The van der Waals surface area contributed by atoms with Crippen LogP contribution in [0, 0.1) is 0 Å². The molecular weight excluding hydrogens is 280 g/mol. The van der Waals surface area contributed by atoms with E-state index in [9.17, 15) is 0 Å². The largest absolute Gasteiger partial charge is 0.310 e. The molecule has 4 nitrogen and oxygen atoms in total. The quantitative estimate of drug-likeness (QED) is 0.760. The molecule has 2 aromatic rings. The second-order valence-electron chi connectivity index (χ2n) is 4.94. The normalized spacial score (nSPS) is 12.5. The molecule has 1 heterocycles. The molecule has 0 spiro atoms. The van der Waals surface area contributed by atoms with E-state index in [4.69, 9.17) is 0 Å². The van der Waals surface area contributed by atoms with Crippen LogP contribution in [0.1, 0.15) is 37.7 Å². The average Bonchev–Trinajstić information content (AvgIpc) is 2.98. The Morgan fingerprint density at radius 2 is 2.10 bits per heavy atom. The van der Waals surface area contributed by atoms with Gasteiger partial charge in [-0.3, -0.25) is 4.68 Å². The molecule has 2 rings (SSSR count). The van der Waals surface area contributed by atoms with Gasteiger partial charge in [-0.05, 0) is 37.8 Å². The van der Waals surface area contributed by atoms with Crippen LogP contribution in [0.2, 0.25) is 0 Å². The van der Waals surface area contributed by atoms with Gasteiger partial charge in [0, 0.05) is 23.9 Å². The minimum Gasteiger partial charge on any atom is -0.310 e. The summed E-state index contributed by atoms with van der Waals surface area (Å²) in [6.07, 6.45) is 5.77. The van der Waals surface area contributed by atoms with Gasteiger partial charge in [-0.1, -0.05) is 25.1 Å². The Bertz CT molecular complexity index is 553.